The molecular weight excluding hydrogens is 460 g/mol. The second-order valence-corrected chi connectivity index (χ2v) is 11.2. The van der Waals surface area contributed by atoms with E-state index in [0.717, 1.165) is 31.6 Å². The average Bonchev–Trinajstić information content (AvgIpc) is 3.23. The van der Waals surface area contributed by atoms with Crippen LogP contribution in [0.2, 0.25) is 0 Å². The van der Waals surface area contributed by atoms with Crippen molar-refractivity contribution in [1.29, 1.82) is 0 Å². The van der Waals surface area contributed by atoms with E-state index in [1.54, 1.807) is 0 Å². The van der Waals surface area contributed by atoms with Crippen LogP contribution >= 0.6 is 11.3 Å². The van der Waals surface area contributed by atoms with Crippen LogP contribution in [0.5, 0.6) is 0 Å². The SMILES string of the molecule is CCCCc1sc2ccc(NC(=O)c3ccc(C(C)C)cc3)cc2c1CCN(C)Cc1ccccc1. The minimum absolute atomic E-state index is 0.0600. The quantitative estimate of drug-likeness (QED) is 0.226. The molecule has 0 unspecified atom stereocenters. The van der Waals surface area contributed by atoms with Crippen molar-refractivity contribution in [3.8, 4) is 0 Å². The third-order valence-electron chi connectivity index (χ3n) is 6.77. The predicted octanol–water partition coefficient (Wildman–Crippen LogP) is 8.29. The highest BCUT2D eigenvalue weighted by Crippen LogP contribution is 2.35. The van der Waals surface area contributed by atoms with Gasteiger partial charge in [0.05, 0.1) is 0 Å². The molecule has 0 fully saturated rings. The minimum Gasteiger partial charge on any atom is -0.322 e. The number of nitrogens with one attached hydrogen (secondary N) is 1. The molecule has 1 aromatic heterocycles. The maximum atomic E-state index is 12.9. The van der Waals surface area contributed by atoms with E-state index in [4.69, 9.17) is 0 Å². The molecule has 0 radical (unpaired) electrons. The number of carbonyl (C=O) groups is 1. The molecule has 0 spiro atoms. The Labute approximate surface area is 220 Å². The van der Waals surface area contributed by atoms with Crippen molar-refractivity contribution >= 4 is 33.0 Å². The Morgan fingerprint density at radius 2 is 1.72 bits per heavy atom. The molecule has 0 aliphatic rings. The zero-order chi connectivity index (χ0) is 25.5. The van der Waals surface area contributed by atoms with Crippen LogP contribution in [0.15, 0.2) is 72.8 Å². The van der Waals surface area contributed by atoms with E-state index >= 15 is 0 Å². The summed E-state index contributed by atoms with van der Waals surface area (Å²) in [7, 11) is 2.20. The van der Waals surface area contributed by atoms with Crippen LogP contribution in [-0.2, 0) is 19.4 Å². The third-order valence-corrected chi connectivity index (χ3v) is 8.04. The van der Waals surface area contributed by atoms with Crippen molar-refractivity contribution in [1.82, 2.24) is 4.90 Å². The number of carbonyl (C=O) groups excluding carboxylic acids is 1. The Morgan fingerprint density at radius 3 is 2.42 bits per heavy atom. The van der Waals surface area contributed by atoms with Crippen molar-refractivity contribution in [2.24, 2.45) is 0 Å². The fourth-order valence-corrected chi connectivity index (χ4v) is 5.87. The third kappa shape index (κ3) is 6.63. The summed E-state index contributed by atoms with van der Waals surface area (Å²) in [6.45, 7) is 8.53. The monoisotopic (exact) mass is 498 g/mol. The van der Waals surface area contributed by atoms with Crippen LogP contribution < -0.4 is 5.32 Å². The van der Waals surface area contributed by atoms with Crippen LogP contribution in [-0.4, -0.2) is 24.4 Å². The maximum absolute atomic E-state index is 12.9. The highest BCUT2D eigenvalue weighted by atomic mass is 32.1. The zero-order valence-electron chi connectivity index (χ0n) is 22.0. The second-order valence-electron chi connectivity index (χ2n) is 10.0. The summed E-state index contributed by atoms with van der Waals surface area (Å²) in [4.78, 5) is 16.8. The van der Waals surface area contributed by atoms with Crippen LogP contribution in [0, 0.1) is 0 Å². The number of benzene rings is 3. The van der Waals surface area contributed by atoms with Crippen LogP contribution in [0.25, 0.3) is 10.1 Å². The van der Waals surface area contributed by atoms with Crippen LogP contribution in [0.4, 0.5) is 5.69 Å². The molecule has 0 atom stereocenters. The van der Waals surface area contributed by atoms with Gasteiger partial charge in [-0.15, -0.1) is 11.3 Å². The molecule has 188 valence electrons. The van der Waals surface area contributed by atoms with E-state index in [9.17, 15) is 4.79 Å². The number of anilines is 1. The Balaban J connectivity index is 1.52. The van der Waals surface area contributed by atoms with Gasteiger partial charge in [0.25, 0.3) is 5.91 Å². The molecule has 4 rings (SSSR count). The smallest absolute Gasteiger partial charge is 0.255 e. The number of likely N-dealkylation sites (N-methyl/N-ethyl adjacent to an activating group) is 1. The van der Waals surface area contributed by atoms with E-state index in [2.05, 4.69) is 80.5 Å². The minimum atomic E-state index is -0.0600. The van der Waals surface area contributed by atoms with Gasteiger partial charge in [-0.25, -0.2) is 0 Å². The van der Waals surface area contributed by atoms with Crippen molar-refractivity contribution in [3.05, 3.63) is 99.9 Å². The Kier molecular flexibility index (Phi) is 8.95. The fraction of sp³-hybridized carbons (Fsp3) is 0.344. The number of nitrogens with zero attached hydrogens (tertiary/aromatic N) is 1. The molecule has 1 heterocycles. The first kappa shape index (κ1) is 26.1. The normalized spacial score (nSPS) is 11.5. The zero-order valence-corrected chi connectivity index (χ0v) is 22.8. The number of aryl methyl sites for hydroxylation is 1. The molecule has 4 aromatic rings. The number of amides is 1. The summed E-state index contributed by atoms with van der Waals surface area (Å²) in [6, 6.07) is 25.0. The highest BCUT2D eigenvalue weighted by molar-refractivity contribution is 7.19. The summed E-state index contributed by atoms with van der Waals surface area (Å²) in [5, 5.41) is 4.42. The summed E-state index contributed by atoms with van der Waals surface area (Å²) < 4.78 is 1.31. The lowest BCUT2D eigenvalue weighted by Crippen LogP contribution is -2.21. The number of thiophene rings is 1. The topological polar surface area (TPSA) is 32.3 Å². The van der Waals surface area contributed by atoms with Gasteiger partial charge in [-0.05, 0) is 84.6 Å². The van der Waals surface area contributed by atoms with Crippen molar-refractivity contribution < 1.29 is 4.79 Å². The van der Waals surface area contributed by atoms with E-state index in [1.165, 1.54) is 44.5 Å². The van der Waals surface area contributed by atoms with E-state index in [0.29, 0.717) is 11.5 Å². The molecule has 36 heavy (non-hydrogen) atoms. The second kappa shape index (κ2) is 12.3. The van der Waals surface area contributed by atoms with Crippen LogP contribution in [0.3, 0.4) is 0 Å². The summed E-state index contributed by atoms with van der Waals surface area (Å²) in [5.74, 6) is 0.394. The van der Waals surface area contributed by atoms with Gasteiger partial charge in [0.2, 0.25) is 0 Å². The molecule has 0 bridgehead atoms. The van der Waals surface area contributed by atoms with E-state index in [1.807, 2.05) is 41.7 Å². The lowest BCUT2D eigenvalue weighted by Gasteiger charge is -2.17. The lowest BCUT2D eigenvalue weighted by atomic mass is 10.0. The molecule has 3 nitrogen and oxygen atoms in total. The van der Waals surface area contributed by atoms with Gasteiger partial charge in [-0.1, -0.05) is 69.7 Å². The number of unbranched alkanes of at least 4 members (excludes halogenated alkanes) is 1. The fourth-order valence-electron chi connectivity index (χ4n) is 4.59. The number of hydrogen-bond acceptors (Lipinski definition) is 3. The highest BCUT2D eigenvalue weighted by Gasteiger charge is 2.15. The van der Waals surface area contributed by atoms with Gasteiger partial charge in [0, 0.05) is 33.9 Å². The largest absolute Gasteiger partial charge is 0.322 e. The average molecular weight is 499 g/mol. The van der Waals surface area contributed by atoms with Crippen molar-refractivity contribution in [3.63, 3.8) is 0 Å². The van der Waals surface area contributed by atoms with Gasteiger partial charge in [0.1, 0.15) is 0 Å². The standard InChI is InChI=1S/C32H38N2OS/c1-5-6-12-30-28(19-20-34(4)22-24-10-8-7-9-11-24)29-21-27(17-18-31(29)36-30)33-32(35)26-15-13-25(14-16-26)23(2)3/h7-11,13-18,21,23H,5-6,12,19-20,22H2,1-4H3,(H,33,35). The Bertz CT molecular complexity index is 1280. The molecule has 1 amide bonds. The Morgan fingerprint density at radius 1 is 0.972 bits per heavy atom. The summed E-state index contributed by atoms with van der Waals surface area (Å²) >= 11 is 1.92. The molecule has 4 heteroatoms. The molecule has 1 N–H and O–H groups in total. The molecule has 0 saturated heterocycles. The van der Waals surface area contributed by atoms with Crippen LogP contribution in [0.1, 0.15) is 71.5 Å². The van der Waals surface area contributed by atoms with E-state index in [-0.39, 0.29) is 5.91 Å². The van der Waals surface area contributed by atoms with Gasteiger partial charge >= 0.3 is 0 Å². The number of fused-ring (bicyclic) bond motifs is 1. The van der Waals surface area contributed by atoms with Crippen molar-refractivity contribution in [2.45, 2.75) is 58.9 Å². The van der Waals surface area contributed by atoms with E-state index < -0.39 is 0 Å². The predicted molar refractivity (Wildman–Crippen MR) is 155 cm³/mol. The molecule has 3 aromatic carbocycles. The molecule has 0 saturated carbocycles. The number of rotatable bonds is 11. The first-order valence-corrected chi connectivity index (χ1v) is 13.9. The summed E-state index contributed by atoms with van der Waals surface area (Å²) in [6.07, 6.45) is 4.53. The molecule has 0 aliphatic heterocycles. The first-order chi connectivity index (χ1) is 17.4. The van der Waals surface area contributed by atoms with Gasteiger partial charge < -0.3 is 10.2 Å². The van der Waals surface area contributed by atoms with Gasteiger partial charge in [-0.3, -0.25) is 4.79 Å². The lowest BCUT2D eigenvalue weighted by molar-refractivity contribution is 0.102. The first-order valence-electron chi connectivity index (χ1n) is 13.1. The Hall–Kier alpha value is -2.95. The van der Waals surface area contributed by atoms with Crippen molar-refractivity contribution in [2.75, 3.05) is 18.9 Å². The summed E-state index contributed by atoms with van der Waals surface area (Å²) in [5.41, 5.74) is 5.58. The van der Waals surface area contributed by atoms with Gasteiger partial charge in [-0.2, -0.15) is 0 Å². The maximum Gasteiger partial charge on any atom is 0.255 e. The molecular formula is C32H38N2OS. The van der Waals surface area contributed by atoms with Gasteiger partial charge in [0.15, 0.2) is 0 Å². The molecule has 0 aliphatic carbocycles. The number of hydrogen-bond donors (Lipinski definition) is 1.